The number of phenols is 2. The molecule has 3 heteroatoms. The monoisotopic (exact) mass is 835 g/mol. The van der Waals surface area contributed by atoms with E-state index in [4.69, 9.17) is 0 Å². The number of aryl methyl sites for hydroxylation is 4. The maximum absolute atomic E-state index is 11.6. The van der Waals surface area contributed by atoms with Gasteiger partial charge in [0, 0.05) is 9.79 Å². The van der Waals surface area contributed by atoms with Crippen molar-refractivity contribution in [1.29, 1.82) is 0 Å². The molecule has 2 aromatic rings. The zero-order valence-corrected chi connectivity index (χ0v) is 40.7. The van der Waals surface area contributed by atoms with Gasteiger partial charge in [0.25, 0.3) is 0 Å². The van der Waals surface area contributed by atoms with Crippen molar-refractivity contribution in [2.24, 2.45) is 0 Å². The molecule has 0 aliphatic rings. The molecule has 59 heavy (non-hydrogen) atoms. The van der Waals surface area contributed by atoms with Crippen molar-refractivity contribution in [3.8, 4) is 11.5 Å². The van der Waals surface area contributed by atoms with Gasteiger partial charge in [-0.2, -0.15) is 0 Å². The molecule has 2 aromatic carbocycles. The third-order valence-electron chi connectivity index (χ3n) is 12.9. The highest BCUT2D eigenvalue weighted by atomic mass is 32.2. The van der Waals surface area contributed by atoms with Gasteiger partial charge in [-0.3, -0.25) is 0 Å². The number of hydrogen-bond acceptors (Lipinski definition) is 3. The number of benzene rings is 2. The molecule has 0 aliphatic heterocycles. The lowest BCUT2D eigenvalue weighted by Crippen LogP contribution is -1.97. The molecule has 2 nitrogen and oxygen atoms in total. The van der Waals surface area contributed by atoms with Gasteiger partial charge in [0.15, 0.2) is 0 Å². The van der Waals surface area contributed by atoms with E-state index in [-0.39, 0.29) is 0 Å². The van der Waals surface area contributed by atoms with Crippen molar-refractivity contribution in [3.63, 3.8) is 0 Å². The predicted octanol–water partition coefficient (Wildman–Crippen LogP) is 19.5. The van der Waals surface area contributed by atoms with Crippen molar-refractivity contribution in [1.82, 2.24) is 0 Å². The second-order valence-electron chi connectivity index (χ2n) is 18.6. The van der Waals surface area contributed by atoms with Crippen LogP contribution in [0.3, 0.4) is 0 Å². The van der Waals surface area contributed by atoms with E-state index in [9.17, 15) is 10.2 Å². The lowest BCUT2D eigenvalue weighted by Gasteiger charge is -2.16. The van der Waals surface area contributed by atoms with Crippen LogP contribution in [0.5, 0.6) is 11.5 Å². The summed E-state index contributed by atoms with van der Waals surface area (Å²) in [6.45, 7) is 9.18. The van der Waals surface area contributed by atoms with Gasteiger partial charge in [0.05, 0.1) is 0 Å². The van der Waals surface area contributed by atoms with E-state index in [1.807, 2.05) is 11.8 Å². The fraction of sp³-hybridized carbons (Fsp3) is 0.786. The van der Waals surface area contributed by atoms with Crippen LogP contribution in [0.4, 0.5) is 0 Å². The first-order valence-corrected chi connectivity index (χ1v) is 27.2. The Hall–Kier alpha value is -1.61. The Morgan fingerprint density at radius 1 is 0.271 bits per heavy atom. The van der Waals surface area contributed by atoms with Crippen molar-refractivity contribution < 1.29 is 10.2 Å². The Balaban J connectivity index is 2.16. The third-order valence-corrected chi connectivity index (χ3v) is 13.9. The summed E-state index contributed by atoms with van der Waals surface area (Å²) < 4.78 is 0. The topological polar surface area (TPSA) is 40.5 Å². The Labute approximate surface area is 372 Å². The molecular weight excluding hydrogens is 737 g/mol. The van der Waals surface area contributed by atoms with Crippen molar-refractivity contribution in [3.05, 3.63) is 46.5 Å². The molecule has 0 aliphatic carbocycles. The van der Waals surface area contributed by atoms with Gasteiger partial charge in [-0.05, 0) is 97.9 Å². The lowest BCUT2D eigenvalue weighted by molar-refractivity contribution is 0.455. The van der Waals surface area contributed by atoms with E-state index in [1.165, 1.54) is 215 Å². The number of hydrogen-bond donors (Lipinski definition) is 2. The first-order chi connectivity index (χ1) is 29.0. The van der Waals surface area contributed by atoms with Crippen LogP contribution in [0.25, 0.3) is 0 Å². The summed E-state index contributed by atoms with van der Waals surface area (Å²) in [5.74, 6) is 1.13. The molecule has 0 spiro atoms. The molecule has 0 amide bonds. The minimum absolute atomic E-state index is 0.566. The van der Waals surface area contributed by atoms with Crippen LogP contribution in [0.15, 0.2) is 34.1 Å². The average Bonchev–Trinajstić information content (AvgIpc) is 3.23. The molecule has 0 fully saturated rings. The Bertz CT molecular complexity index is 1070. The molecule has 0 radical (unpaired) electrons. The summed E-state index contributed by atoms with van der Waals surface area (Å²) >= 11 is 1.87. The van der Waals surface area contributed by atoms with Crippen LogP contribution in [0.2, 0.25) is 0 Å². The quantitative estimate of drug-likeness (QED) is 0.0655. The zero-order chi connectivity index (χ0) is 42.4. The highest BCUT2D eigenvalue weighted by Gasteiger charge is 2.15. The summed E-state index contributed by atoms with van der Waals surface area (Å²) in [7, 11) is 0. The van der Waals surface area contributed by atoms with Crippen LogP contribution in [-0.4, -0.2) is 10.2 Å². The van der Waals surface area contributed by atoms with Crippen LogP contribution in [-0.2, 0) is 25.7 Å². The minimum Gasteiger partial charge on any atom is -0.507 e. The summed E-state index contributed by atoms with van der Waals surface area (Å²) in [4.78, 5) is 2.52. The van der Waals surface area contributed by atoms with Gasteiger partial charge in [0.1, 0.15) is 11.5 Å². The molecule has 0 unspecified atom stereocenters. The molecule has 0 saturated carbocycles. The van der Waals surface area contributed by atoms with Crippen LogP contribution in [0, 0.1) is 0 Å². The number of unbranched alkanes of at least 4 members (excludes halogenated alkanes) is 32. The van der Waals surface area contributed by atoms with Gasteiger partial charge in [-0.15, -0.1) is 0 Å². The molecule has 340 valence electrons. The Kier molecular flexibility index (Phi) is 34.6. The molecule has 0 atom stereocenters. The standard InChI is InChI=1S/C56H98O2S/c1-5-9-13-17-21-25-29-33-37-41-49-45-53(46-50(55(49)57)42-38-34-30-26-22-18-14-10-6-2)59-54-47-51(43-39-35-31-27-23-19-15-11-7-3)56(58)52(48-54)44-40-36-32-28-24-20-16-12-8-4/h45-48,57-58H,5-44H2,1-4H3. The molecule has 0 heterocycles. The molecule has 0 bridgehead atoms. The van der Waals surface area contributed by atoms with Crippen molar-refractivity contribution >= 4 is 11.8 Å². The minimum atomic E-state index is 0.566. The highest BCUT2D eigenvalue weighted by molar-refractivity contribution is 7.99. The summed E-state index contributed by atoms with van der Waals surface area (Å²) in [6, 6.07) is 9.21. The van der Waals surface area contributed by atoms with E-state index in [0.29, 0.717) is 11.5 Å². The van der Waals surface area contributed by atoms with E-state index in [2.05, 4.69) is 52.0 Å². The number of aromatic hydroxyl groups is 2. The van der Waals surface area contributed by atoms with Gasteiger partial charge in [-0.25, -0.2) is 0 Å². The predicted molar refractivity (Wildman–Crippen MR) is 264 cm³/mol. The summed E-state index contributed by atoms with van der Waals surface area (Å²) in [5, 5.41) is 23.3. The number of phenolic OH excluding ortho intramolecular Hbond substituents is 2. The summed E-state index contributed by atoms with van der Waals surface area (Å²) in [6.07, 6.45) is 51.4. The third kappa shape index (κ3) is 27.1. The van der Waals surface area contributed by atoms with Crippen LogP contribution >= 0.6 is 11.8 Å². The fourth-order valence-electron chi connectivity index (χ4n) is 8.98. The second-order valence-corrected chi connectivity index (χ2v) is 19.7. The van der Waals surface area contributed by atoms with E-state index < -0.39 is 0 Å². The van der Waals surface area contributed by atoms with Gasteiger partial charge in [-0.1, -0.05) is 245 Å². The number of rotatable bonds is 42. The average molecular weight is 835 g/mol. The first kappa shape index (κ1) is 53.5. The van der Waals surface area contributed by atoms with E-state index in [0.717, 1.165) is 73.6 Å². The van der Waals surface area contributed by atoms with Crippen molar-refractivity contribution in [2.45, 2.75) is 294 Å². The molecule has 0 aromatic heterocycles. The first-order valence-electron chi connectivity index (χ1n) is 26.4. The maximum atomic E-state index is 11.6. The van der Waals surface area contributed by atoms with Crippen LogP contribution < -0.4 is 0 Å². The van der Waals surface area contributed by atoms with Gasteiger partial charge in [0.2, 0.25) is 0 Å². The lowest BCUT2D eigenvalue weighted by atomic mass is 9.98. The highest BCUT2D eigenvalue weighted by Crippen LogP contribution is 2.39. The second kappa shape index (κ2) is 38.1. The van der Waals surface area contributed by atoms with Crippen molar-refractivity contribution in [2.75, 3.05) is 0 Å². The zero-order valence-electron chi connectivity index (χ0n) is 39.9. The summed E-state index contributed by atoms with van der Waals surface area (Å²) in [5.41, 5.74) is 4.58. The largest absolute Gasteiger partial charge is 0.507 e. The van der Waals surface area contributed by atoms with Gasteiger partial charge < -0.3 is 10.2 Å². The SMILES string of the molecule is CCCCCCCCCCCc1cc(Sc2cc(CCCCCCCCCCC)c(O)c(CCCCCCCCCCC)c2)cc(CCCCCCCCCCC)c1O. The Morgan fingerprint density at radius 2 is 0.441 bits per heavy atom. The van der Waals surface area contributed by atoms with Crippen LogP contribution in [0.1, 0.15) is 281 Å². The van der Waals surface area contributed by atoms with E-state index in [1.54, 1.807) is 0 Å². The Morgan fingerprint density at radius 3 is 0.627 bits per heavy atom. The maximum Gasteiger partial charge on any atom is 0.122 e. The normalized spacial score (nSPS) is 11.6. The van der Waals surface area contributed by atoms with Gasteiger partial charge >= 0.3 is 0 Å². The van der Waals surface area contributed by atoms with E-state index >= 15 is 0 Å². The molecule has 2 rings (SSSR count). The molecular formula is C56H98O2S. The molecule has 0 saturated heterocycles. The molecule has 2 N–H and O–H groups in total. The fourth-order valence-corrected chi connectivity index (χ4v) is 10.1. The smallest absolute Gasteiger partial charge is 0.122 e.